The van der Waals surface area contributed by atoms with Crippen molar-refractivity contribution in [1.29, 1.82) is 0 Å². The standard InChI is InChI=1S/C17H13ClFN3O.C15H10ClF3N2O6S/c18-15-4-2-1-3-14(15)16-17(23-16,9-22-11-20-10-21-22)12-5-7-13(19)8-6-12;1-28(25,26)20-14(22)10-7-9(3-4-12(10)21(23)24)27-13-5-2-8(6-11(13)16)15(17,18)19/h1-8,10-11,16H,9H2;2-7H,1H3,(H,20,22). The fraction of sp³-hybridized carbons (Fsp3) is 0.156. The van der Waals surface area contributed by atoms with Crippen LogP contribution in [0.5, 0.6) is 11.5 Å². The molecule has 0 radical (unpaired) electrons. The van der Waals surface area contributed by atoms with Gasteiger partial charge in [0.2, 0.25) is 10.0 Å². The minimum absolute atomic E-state index is 0.189. The number of ether oxygens (including phenoxy) is 2. The van der Waals surface area contributed by atoms with Crippen LogP contribution in [0, 0.1) is 15.9 Å². The van der Waals surface area contributed by atoms with Gasteiger partial charge in [-0.3, -0.25) is 14.9 Å². The van der Waals surface area contributed by atoms with Crippen LogP contribution >= 0.6 is 23.2 Å². The van der Waals surface area contributed by atoms with Crippen molar-refractivity contribution in [1.82, 2.24) is 19.5 Å². The molecular formula is C32H23Cl2F4N5O7S. The molecule has 6 rings (SSSR count). The number of epoxide rings is 1. The van der Waals surface area contributed by atoms with Crippen molar-refractivity contribution in [2.45, 2.75) is 24.4 Å². The first-order valence-corrected chi connectivity index (χ1v) is 17.0. The third-order valence-corrected chi connectivity index (χ3v) is 8.45. The van der Waals surface area contributed by atoms with Gasteiger partial charge in [-0.2, -0.15) is 18.3 Å². The van der Waals surface area contributed by atoms with Crippen molar-refractivity contribution in [3.05, 3.63) is 146 Å². The van der Waals surface area contributed by atoms with Gasteiger partial charge in [-0.05, 0) is 48.0 Å². The van der Waals surface area contributed by atoms with Crippen LogP contribution in [0.2, 0.25) is 10.0 Å². The molecule has 2 atom stereocenters. The number of nitrogens with one attached hydrogen (secondary N) is 1. The van der Waals surface area contributed by atoms with E-state index in [4.69, 9.17) is 32.7 Å². The van der Waals surface area contributed by atoms with E-state index in [2.05, 4.69) is 10.1 Å². The van der Waals surface area contributed by atoms with Gasteiger partial charge in [0.05, 0.1) is 28.3 Å². The van der Waals surface area contributed by atoms with Crippen LogP contribution < -0.4 is 9.46 Å². The van der Waals surface area contributed by atoms with Crippen LogP contribution in [0.25, 0.3) is 0 Å². The van der Waals surface area contributed by atoms with E-state index in [1.165, 1.54) is 18.5 Å². The number of hydrogen-bond acceptors (Lipinski definition) is 9. The summed E-state index contributed by atoms with van der Waals surface area (Å²) in [5, 5.41) is 15.5. The van der Waals surface area contributed by atoms with Gasteiger partial charge in [-0.1, -0.05) is 53.5 Å². The van der Waals surface area contributed by atoms with E-state index in [9.17, 15) is 40.9 Å². The Morgan fingerprint density at radius 1 is 1.06 bits per heavy atom. The SMILES string of the molecule is CS(=O)(=O)NC(=O)c1cc(Oc2ccc(C(F)(F)F)cc2Cl)ccc1[N+](=O)[O-].Fc1ccc(C2(Cn3cncn3)OC2c2ccccc2Cl)cc1. The Morgan fingerprint density at radius 3 is 2.35 bits per heavy atom. The maximum absolute atomic E-state index is 13.3. The number of nitro benzene ring substituents is 1. The number of rotatable bonds is 9. The molecule has 266 valence electrons. The third-order valence-electron chi connectivity index (χ3n) is 7.25. The molecule has 1 aliphatic heterocycles. The molecule has 0 bridgehead atoms. The van der Waals surface area contributed by atoms with E-state index in [0.29, 0.717) is 30.0 Å². The lowest BCUT2D eigenvalue weighted by Crippen LogP contribution is -2.29. The zero-order chi connectivity index (χ0) is 37.1. The van der Waals surface area contributed by atoms with E-state index in [0.717, 1.165) is 35.4 Å². The molecule has 2 heterocycles. The number of halogens is 6. The maximum atomic E-state index is 13.3. The second-order valence-corrected chi connectivity index (χ2v) is 13.5. The molecule has 1 saturated heterocycles. The molecule has 1 amide bonds. The highest BCUT2D eigenvalue weighted by atomic mass is 35.5. The summed E-state index contributed by atoms with van der Waals surface area (Å²) in [5.74, 6) is -1.96. The number of nitro groups is 1. The van der Waals surface area contributed by atoms with Gasteiger partial charge >= 0.3 is 6.18 Å². The summed E-state index contributed by atoms with van der Waals surface area (Å²) in [5.41, 5.74) is -1.16. The molecule has 1 aliphatic rings. The highest BCUT2D eigenvalue weighted by Gasteiger charge is 2.59. The van der Waals surface area contributed by atoms with Crippen LogP contribution in [0.3, 0.4) is 0 Å². The molecule has 1 N–H and O–H groups in total. The third kappa shape index (κ3) is 8.99. The Hall–Kier alpha value is -5.10. The number of amides is 1. The first kappa shape index (κ1) is 37.2. The maximum Gasteiger partial charge on any atom is 0.416 e. The predicted molar refractivity (Wildman–Crippen MR) is 175 cm³/mol. The molecule has 0 saturated carbocycles. The van der Waals surface area contributed by atoms with E-state index < -0.39 is 54.5 Å². The molecule has 12 nitrogen and oxygen atoms in total. The number of carbonyl (C=O) groups is 1. The fourth-order valence-corrected chi connectivity index (χ4v) is 5.83. The quantitative estimate of drug-likeness (QED) is 0.0694. The average Bonchev–Trinajstić information content (AvgIpc) is 3.52. The molecule has 0 spiro atoms. The number of sulfonamides is 1. The molecule has 19 heteroatoms. The number of alkyl halides is 3. The minimum atomic E-state index is -4.62. The van der Waals surface area contributed by atoms with Crippen molar-refractivity contribution in [3.8, 4) is 11.5 Å². The van der Waals surface area contributed by atoms with E-state index >= 15 is 0 Å². The lowest BCUT2D eigenvalue weighted by atomic mass is 9.91. The van der Waals surface area contributed by atoms with E-state index in [1.54, 1.807) is 27.9 Å². The molecular weight excluding hydrogens is 745 g/mol. The Kier molecular flexibility index (Phi) is 10.7. The molecule has 5 aromatic rings. The first-order chi connectivity index (χ1) is 24.0. The van der Waals surface area contributed by atoms with Crippen molar-refractivity contribution >= 4 is 44.8 Å². The lowest BCUT2D eigenvalue weighted by Gasteiger charge is -2.14. The molecule has 1 aromatic heterocycles. The second kappa shape index (κ2) is 14.6. The van der Waals surface area contributed by atoms with Gasteiger partial charge in [-0.15, -0.1) is 0 Å². The van der Waals surface area contributed by atoms with Gasteiger partial charge in [0.15, 0.2) is 0 Å². The Morgan fingerprint density at radius 2 is 1.76 bits per heavy atom. The Bertz CT molecular complexity index is 2190. The highest BCUT2D eigenvalue weighted by Crippen LogP contribution is 2.59. The molecule has 1 fully saturated rings. The average molecular weight is 769 g/mol. The Labute approximate surface area is 296 Å². The van der Waals surface area contributed by atoms with Crippen molar-refractivity contribution in [2.24, 2.45) is 0 Å². The van der Waals surface area contributed by atoms with Gasteiger partial charge in [0, 0.05) is 22.7 Å². The summed E-state index contributed by atoms with van der Waals surface area (Å²) >= 11 is 12.1. The predicted octanol–water partition coefficient (Wildman–Crippen LogP) is 7.49. The van der Waals surface area contributed by atoms with Crippen LogP contribution in [-0.4, -0.2) is 40.3 Å². The summed E-state index contributed by atoms with van der Waals surface area (Å²) in [4.78, 5) is 26.1. The smallest absolute Gasteiger partial charge is 0.416 e. The van der Waals surface area contributed by atoms with Crippen molar-refractivity contribution in [2.75, 3.05) is 6.26 Å². The molecule has 2 unspecified atom stereocenters. The first-order valence-electron chi connectivity index (χ1n) is 14.3. The number of carbonyl (C=O) groups excluding carboxylic acids is 1. The lowest BCUT2D eigenvalue weighted by molar-refractivity contribution is -0.385. The van der Waals surface area contributed by atoms with Crippen LogP contribution in [0.15, 0.2) is 97.6 Å². The van der Waals surface area contributed by atoms with Crippen molar-refractivity contribution in [3.63, 3.8) is 0 Å². The topological polar surface area (TPSA) is 159 Å². The molecule has 4 aromatic carbocycles. The summed E-state index contributed by atoms with van der Waals surface area (Å²) in [6.45, 7) is 0.481. The number of aromatic nitrogens is 3. The fourth-order valence-electron chi connectivity index (χ4n) is 4.93. The molecule has 51 heavy (non-hydrogen) atoms. The molecule has 0 aliphatic carbocycles. The van der Waals surface area contributed by atoms with Crippen molar-refractivity contribution < 1.29 is 45.2 Å². The second-order valence-electron chi connectivity index (χ2n) is 10.9. The van der Waals surface area contributed by atoms with Gasteiger partial charge in [0.1, 0.15) is 47.2 Å². The summed E-state index contributed by atoms with van der Waals surface area (Å²) in [6, 6.07) is 19.0. The van der Waals surface area contributed by atoms with Crippen LogP contribution in [-0.2, 0) is 33.1 Å². The summed E-state index contributed by atoms with van der Waals surface area (Å²) in [7, 11) is -4.00. The zero-order valence-corrected chi connectivity index (χ0v) is 28.2. The van der Waals surface area contributed by atoms with E-state index in [1.807, 2.05) is 24.3 Å². The minimum Gasteiger partial charge on any atom is -0.456 e. The van der Waals surface area contributed by atoms with E-state index in [-0.39, 0.29) is 23.4 Å². The zero-order valence-electron chi connectivity index (χ0n) is 25.8. The summed E-state index contributed by atoms with van der Waals surface area (Å²) in [6.07, 6.45) is -1.03. The number of hydrogen-bond donors (Lipinski definition) is 1. The normalized spacial score (nSPS) is 16.8. The van der Waals surface area contributed by atoms with Gasteiger partial charge in [0.25, 0.3) is 11.6 Å². The van der Waals surface area contributed by atoms with Gasteiger partial charge < -0.3 is 9.47 Å². The van der Waals surface area contributed by atoms with Crippen LogP contribution in [0.1, 0.15) is 33.2 Å². The monoisotopic (exact) mass is 767 g/mol. The van der Waals surface area contributed by atoms with Gasteiger partial charge in [-0.25, -0.2) is 27.2 Å². The number of benzene rings is 4. The Balaban J connectivity index is 0.000000201. The highest BCUT2D eigenvalue weighted by molar-refractivity contribution is 7.89. The number of nitrogens with zero attached hydrogens (tertiary/aromatic N) is 4. The summed E-state index contributed by atoms with van der Waals surface area (Å²) < 4.78 is 88.3. The van der Waals surface area contributed by atoms with Crippen LogP contribution in [0.4, 0.5) is 23.2 Å². The largest absolute Gasteiger partial charge is 0.456 e.